The lowest BCUT2D eigenvalue weighted by Gasteiger charge is -2.33. The second kappa shape index (κ2) is 11.8. The first kappa shape index (κ1) is 29.2. The zero-order valence-corrected chi connectivity index (χ0v) is 22.5. The number of rotatable bonds is 9. The Morgan fingerprint density at radius 2 is 1.80 bits per heavy atom. The van der Waals surface area contributed by atoms with Gasteiger partial charge in [0, 0.05) is 25.2 Å². The molecule has 0 spiro atoms. The Labute approximate surface area is 220 Å². The SMILES string of the molecule is CC(C)(C)CN(CC(=O)c1c(Cl)cncc1Cl)C(=O)C(C=N)C(Cl)=NC1CCC(C)(C(=O)O)CC1. The highest BCUT2D eigenvalue weighted by atomic mass is 35.5. The quantitative estimate of drug-likeness (QED) is 0.318. The van der Waals surface area contributed by atoms with E-state index in [0.717, 1.165) is 6.21 Å². The number of carboxylic acid groups (broad SMARTS) is 1. The minimum absolute atomic E-state index is 0.0553. The van der Waals surface area contributed by atoms with Gasteiger partial charge in [0.2, 0.25) is 5.91 Å². The molecule has 0 bridgehead atoms. The maximum atomic E-state index is 13.5. The van der Waals surface area contributed by atoms with Crippen molar-refractivity contribution in [3.63, 3.8) is 0 Å². The molecule has 1 fully saturated rings. The molecule has 1 atom stereocenters. The predicted octanol–water partition coefficient (Wildman–Crippen LogP) is 5.38. The summed E-state index contributed by atoms with van der Waals surface area (Å²) in [6.07, 6.45) is 5.44. The van der Waals surface area contributed by atoms with E-state index in [2.05, 4.69) is 9.98 Å². The number of nitrogens with zero attached hydrogens (tertiary/aromatic N) is 3. The van der Waals surface area contributed by atoms with Crippen molar-refractivity contribution in [1.29, 1.82) is 5.41 Å². The summed E-state index contributed by atoms with van der Waals surface area (Å²) in [6.45, 7) is 7.37. The highest BCUT2D eigenvalue weighted by Crippen LogP contribution is 2.37. The first-order valence-corrected chi connectivity index (χ1v) is 12.4. The van der Waals surface area contributed by atoms with Crippen LogP contribution in [-0.2, 0) is 9.59 Å². The van der Waals surface area contributed by atoms with Gasteiger partial charge >= 0.3 is 5.97 Å². The van der Waals surface area contributed by atoms with Crippen LogP contribution < -0.4 is 0 Å². The van der Waals surface area contributed by atoms with Gasteiger partial charge in [-0.3, -0.25) is 24.4 Å². The van der Waals surface area contributed by atoms with Crippen molar-refractivity contribution in [2.24, 2.45) is 21.7 Å². The predicted molar refractivity (Wildman–Crippen MR) is 138 cm³/mol. The number of aliphatic imine (C=N–C) groups is 1. The van der Waals surface area contributed by atoms with Crippen molar-refractivity contribution < 1.29 is 19.5 Å². The van der Waals surface area contributed by atoms with Crippen molar-refractivity contribution >= 4 is 63.8 Å². The number of hydrogen-bond donors (Lipinski definition) is 2. The number of carbonyl (C=O) groups excluding carboxylic acids is 2. The van der Waals surface area contributed by atoms with Gasteiger partial charge in [-0.05, 0) is 38.0 Å². The fourth-order valence-electron chi connectivity index (χ4n) is 3.99. The summed E-state index contributed by atoms with van der Waals surface area (Å²) in [5.74, 6) is -3.00. The standard InChI is InChI=1S/C24H31Cl3N4O4/c1-23(2,3)13-31(12-18(32)19-16(25)10-29-11-17(19)26)21(33)15(9-28)20(27)30-14-5-7-24(4,8-6-14)22(34)35/h9-11,14-15,28H,5-8,12-13H2,1-4H3,(H,34,35). The molecule has 1 unspecified atom stereocenters. The molecule has 1 heterocycles. The summed E-state index contributed by atoms with van der Waals surface area (Å²) in [6, 6.07) is -0.239. The zero-order valence-electron chi connectivity index (χ0n) is 20.3. The number of pyridine rings is 1. The third-order valence-electron chi connectivity index (χ3n) is 6.01. The van der Waals surface area contributed by atoms with Gasteiger partial charge in [0.1, 0.15) is 11.1 Å². The molecule has 11 heteroatoms. The number of halogens is 3. The summed E-state index contributed by atoms with van der Waals surface area (Å²) in [7, 11) is 0. The number of aliphatic carboxylic acids is 1. The number of Topliss-reactive ketones (excluding diaryl/α,β-unsaturated/α-hetero) is 1. The smallest absolute Gasteiger partial charge is 0.309 e. The van der Waals surface area contributed by atoms with E-state index in [0.29, 0.717) is 25.7 Å². The normalized spacial score (nSPS) is 21.8. The third kappa shape index (κ3) is 7.72. The molecule has 1 aliphatic rings. The fraction of sp³-hybridized carbons (Fsp3) is 0.583. The minimum atomic E-state index is -1.16. The average Bonchev–Trinajstić information content (AvgIpc) is 2.74. The minimum Gasteiger partial charge on any atom is -0.481 e. The second-order valence-electron chi connectivity index (χ2n) is 10.3. The van der Waals surface area contributed by atoms with Crippen LogP contribution in [0.15, 0.2) is 17.4 Å². The van der Waals surface area contributed by atoms with Crippen LogP contribution in [0.1, 0.15) is 63.7 Å². The molecule has 0 saturated heterocycles. The van der Waals surface area contributed by atoms with Gasteiger partial charge in [-0.2, -0.15) is 0 Å². The maximum Gasteiger partial charge on any atom is 0.309 e. The highest BCUT2D eigenvalue weighted by molar-refractivity contribution is 6.69. The van der Waals surface area contributed by atoms with Crippen molar-refractivity contribution in [1.82, 2.24) is 9.88 Å². The van der Waals surface area contributed by atoms with Crippen LogP contribution in [0.4, 0.5) is 0 Å². The number of hydrogen-bond acceptors (Lipinski definition) is 6. The molecular formula is C24H31Cl3N4O4. The van der Waals surface area contributed by atoms with Crippen LogP contribution in [0.5, 0.6) is 0 Å². The Bertz CT molecular complexity index is 994. The largest absolute Gasteiger partial charge is 0.481 e. The number of nitrogens with one attached hydrogen (secondary N) is 1. The van der Waals surface area contributed by atoms with Crippen LogP contribution in [0.3, 0.4) is 0 Å². The van der Waals surface area contributed by atoms with Crippen LogP contribution in [0.2, 0.25) is 10.0 Å². The molecular weight excluding hydrogens is 515 g/mol. The van der Waals surface area contributed by atoms with E-state index in [4.69, 9.17) is 40.2 Å². The van der Waals surface area contributed by atoms with E-state index in [1.54, 1.807) is 6.92 Å². The van der Waals surface area contributed by atoms with E-state index in [1.165, 1.54) is 17.3 Å². The number of aromatic nitrogens is 1. The molecule has 1 aromatic rings. The summed E-state index contributed by atoms with van der Waals surface area (Å²) in [5.41, 5.74) is -1.08. The Morgan fingerprint density at radius 1 is 1.26 bits per heavy atom. The van der Waals surface area contributed by atoms with Crippen LogP contribution in [-0.4, -0.2) is 63.2 Å². The van der Waals surface area contributed by atoms with Crippen molar-refractivity contribution in [2.45, 2.75) is 59.4 Å². The summed E-state index contributed by atoms with van der Waals surface area (Å²) in [5, 5.41) is 17.4. The van der Waals surface area contributed by atoms with E-state index in [-0.39, 0.29) is 45.3 Å². The van der Waals surface area contributed by atoms with Crippen LogP contribution in [0.25, 0.3) is 0 Å². The van der Waals surface area contributed by atoms with Crippen molar-refractivity contribution in [3.8, 4) is 0 Å². The number of carbonyl (C=O) groups is 3. The molecule has 8 nitrogen and oxygen atoms in total. The molecule has 1 saturated carbocycles. The van der Waals surface area contributed by atoms with Gasteiger partial charge in [-0.15, -0.1) is 0 Å². The summed E-state index contributed by atoms with van der Waals surface area (Å²) in [4.78, 5) is 47.6. The Balaban J connectivity index is 2.25. The van der Waals surface area contributed by atoms with E-state index in [1.807, 2.05) is 20.8 Å². The topological polar surface area (TPSA) is 124 Å². The van der Waals surface area contributed by atoms with Crippen LogP contribution in [0, 0.1) is 22.2 Å². The average molecular weight is 546 g/mol. The molecule has 2 rings (SSSR count). The molecule has 192 valence electrons. The zero-order chi connectivity index (χ0) is 26.6. The summed E-state index contributed by atoms with van der Waals surface area (Å²) >= 11 is 18.7. The Hall–Kier alpha value is -2.03. The van der Waals surface area contributed by atoms with Crippen LogP contribution >= 0.6 is 34.8 Å². The third-order valence-corrected chi connectivity index (χ3v) is 6.92. The lowest BCUT2D eigenvalue weighted by molar-refractivity contribution is -0.149. The monoisotopic (exact) mass is 544 g/mol. The van der Waals surface area contributed by atoms with E-state index < -0.39 is 29.0 Å². The fourth-order valence-corrected chi connectivity index (χ4v) is 4.86. The molecule has 2 N–H and O–H groups in total. The van der Waals surface area contributed by atoms with Gasteiger partial charge in [0.05, 0.1) is 33.6 Å². The Kier molecular flexibility index (Phi) is 9.85. The maximum absolute atomic E-state index is 13.5. The lowest BCUT2D eigenvalue weighted by atomic mass is 9.74. The number of amides is 1. The molecule has 0 aliphatic heterocycles. The molecule has 1 aromatic heterocycles. The molecule has 0 aromatic carbocycles. The lowest BCUT2D eigenvalue weighted by Crippen LogP contribution is -2.46. The number of carboxylic acids is 1. The van der Waals surface area contributed by atoms with E-state index >= 15 is 0 Å². The first-order valence-electron chi connectivity index (χ1n) is 11.3. The Morgan fingerprint density at radius 3 is 2.26 bits per heavy atom. The van der Waals surface area contributed by atoms with Gasteiger partial charge in [-0.1, -0.05) is 55.6 Å². The second-order valence-corrected chi connectivity index (χ2v) is 11.6. The molecule has 35 heavy (non-hydrogen) atoms. The van der Waals surface area contributed by atoms with Crippen molar-refractivity contribution in [2.75, 3.05) is 13.1 Å². The molecule has 1 aliphatic carbocycles. The van der Waals surface area contributed by atoms with Gasteiger partial charge in [-0.25, -0.2) is 0 Å². The van der Waals surface area contributed by atoms with Gasteiger partial charge in [0.25, 0.3) is 0 Å². The van der Waals surface area contributed by atoms with Crippen molar-refractivity contribution in [3.05, 3.63) is 28.0 Å². The molecule has 0 radical (unpaired) electrons. The summed E-state index contributed by atoms with van der Waals surface area (Å²) < 4.78 is 0. The van der Waals surface area contributed by atoms with Gasteiger partial charge < -0.3 is 15.4 Å². The first-order chi connectivity index (χ1) is 16.2. The van der Waals surface area contributed by atoms with Gasteiger partial charge in [0.15, 0.2) is 5.78 Å². The highest BCUT2D eigenvalue weighted by Gasteiger charge is 2.38. The number of ketones is 1. The molecule has 1 amide bonds. The van der Waals surface area contributed by atoms with E-state index in [9.17, 15) is 19.5 Å².